The number of hydrogen-bond acceptors (Lipinski definition) is 2. The Morgan fingerprint density at radius 3 is 0.750 bits per heavy atom. The van der Waals surface area contributed by atoms with Gasteiger partial charge >= 0.3 is 0 Å². The second kappa shape index (κ2) is 14.9. The van der Waals surface area contributed by atoms with E-state index in [0.29, 0.717) is 0 Å². The predicted octanol–water partition coefficient (Wildman–Crippen LogP) is 16.7. The molecular weight excluding hydrogens is 725 g/mol. The van der Waals surface area contributed by atoms with E-state index in [4.69, 9.17) is 0 Å². The maximum Gasteiger partial charge on any atom is 0.0546 e. The van der Waals surface area contributed by atoms with Gasteiger partial charge < -0.3 is 9.80 Å². The molecule has 0 saturated heterocycles. The molecule has 0 spiro atoms. The van der Waals surface area contributed by atoms with Gasteiger partial charge in [-0.1, -0.05) is 155 Å². The van der Waals surface area contributed by atoms with Gasteiger partial charge in [0.05, 0.1) is 11.4 Å². The molecule has 0 radical (unpaired) electrons. The maximum absolute atomic E-state index is 2.45. The van der Waals surface area contributed by atoms with Crippen molar-refractivity contribution in [3.8, 4) is 22.3 Å². The van der Waals surface area contributed by atoms with Crippen molar-refractivity contribution < 1.29 is 0 Å². The highest BCUT2D eigenvalue weighted by atomic mass is 15.1. The average Bonchev–Trinajstić information content (AvgIpc) is 3.26. The van der Waals surface area contributed by atoms with Gasteiger partial charge in [0.15, 0.2) is 0 Å². The van der Waals surface area contributed by atoms with Crippen molar-refractivity contribution in [2.24, 2.45) is 0 Å². The molecule has 10 aromatic carbocycles. The lowest BCUT2D eigenvalue weighted by Gasteiger charge is -2.31. The number of nitrogens with zero attached hydrogens (tertiary/aromatic N) is 2. The van der Waals surface area contributed by atoms with Gasteiger partial charge in [-0.2, -0.15) is 0 Å². The third kappa shape index (κ3) is 6.55. The molecule has 0 aliphatic rings. The molecule has 0 heterocycles. The van der Waals surface area contributed by atoms with E-state index in [-0.39, 0.29) is 0 Å². The van der Waals surface area contributed by atoms with Crippen LogP contribution in [0.3, 0.4) is 0 Å². The lowest BCUT2D eigenvalue weighted by Crippen LogP contribution is -2.12. The average molecular weight is 773 g/mol. The SMILES string of the molecule is Cc1ccc(-c2cc(N(c3ccc(C)cc3)c3ccc(C)cc3)c3ccc4c(-c5ccc(C)cc5)cc(N(c5ccc(C)cc5)c5ccc(C)cc5)c5ccc2c3c45)cc1. The van der Waals surface area contributed by atoms with Crippen LogP contribution in [0.1, 0.15) is 33.4 Å². The van der Waals surface area contributed by atoms with Crippen LogP contribution >= 0.6 is 0 Å². The topological polar surface area (TPSA) is 6.48 Å². The summed E-state index contributed by atoms with van der Waals surface area (Å²) in [6, 6.07) is 68.3. The molecule has 0 fully saturated rings. The number of benzene rings is 10. The minimum absolute atomic E-state index is 1.13. The third-order valence-corrected chi connectivity index (χ3v) is 12.2. The van der Waals surface area contributed by atoms with Crippen LogP contribution in [0.15, 0.2) is 182 Å². The van der Waals surface area contributed by atoms with Gasteiger partial charge in [-0.15, -0.1) is 0 Å². The summed E-state index contributed by atoms with van der Waals surface area (Å²) in [7, 11) is 0. The van der Waals surface area contributed by atoms with Gasteiger partial charge in [-0.3, -0.25) is 0 Å². The van der Waals surface area contributed by atoms with Crippen LogP contribution in [0.2, 0.25) is 0 Å². The first-order valence-electron chi connectivity index (χ1n) is 21.0. The van der Waals surface area contributed by atoms with Crippen molar-refractivity contribution >= 4 is 66.4 Å². The largest absolute Gasteiger partial charge is 0.310 e. The Kier molecular flexibility index (Phi) is 9.22. The molecule has 0 N–H and O–H groups in total. The second-order valence-corrected chi connectivity index (χ2v) is 16.7. The van der Waals surface area contributed by atoms with Gasteiger partial charge in [0.1, 0.15) is 0 Å². The molecule has 0 aromatic heterocycles. The summed E-state index contributed by atoms with van der Waals surface area (Å²) in [5.74, 6) is 0. The Hall–Kier alpha value is -7.16. The van der Waals surface area contributed by atoms with Crippen LogP contribution in [-0.4, -0.2) is 0 Å². The molecule has 0 aliphatic carbocycles. The smallest absolute Gasteiger partial charge is 0.0546 e. The van der Waals surface area contributed by atoms with E-state index in [9.17, 15) is 0 Å². The van der Waals surface area contributed by atoms with Crippen molar-refractivity contribution in [2.45, 2.75) is 41.5 Å². The molecule has 0 atom stereocenters. The second-order valence-electron chi connectivity index (χ2n) is 16.7. The molecule has 0 saturated carbocycles. The monoisotopic (exact) mass is 772 g/mol. The van der Waals surface area contributed by atoms with E-state index in [1.54, 1.807) is 0 Å². The molecule has 0 amide bonds. The lowest BCUT2D eigenvalue weighted by atomic mass is 9.85. The van der Waals surface area contributed by atoms with Crippen LogP contribution in [0.5, 0.6) is 0 Å². The fraction of sp³-hybridized carbons (Fsp3) is 0.103. The summed E-state index contributed by atoms with van der Waals surface area (Å²) < 4.78 is 0. The minimum Gasteiger partial charge on any atom is -0.310 e. The van der Waals surface area contributed by atoms with Crippen molar-refractivity contribution in [1.29, 1.82) is 0 Å². The van der Waals surface area contributed by atoms with E-state index in [0.717, 1.165) is 34.1 Å². The molecular formula is C58H48N2. The zero-order valence-corrected chi connectivity index (χ0v) is 35.2. The summed E-state index contributed by atoms with van der Waals surface area (Å²) in [6.45, 7) is 13.0. The Morgan fingerprint density at radius 2 is 0.483 bits per heavy atom. The maximum atomic E-state index is 2.45. The van der Waals surface area contributed by atoms with Crippen molar-refractivity contribution in [3.05, 3.63) is 215 Å². The van der Waals surface area contributed by atoms with Gasteiger partial charge in [0.25, 0.3) is 0 Å². The lowest BCUT2D eigenvalue weighted by molar-refractivity contribution is 1.28. The van der Waals surface area contributed by atoms with Crippen LogP contribution in [0.25, 0.3) is 54.6 Å². The summed E-state index contributed by atoms with van der Waals surface area (Å²) in [4.78, 5) is 4.91. The molecule has 0 unspecified atom stereocenters. The van der Waals surface area contributed by atoms with Crippen molar-refractivity contribution in [2.75, 3.05) is 9.80 Å². The standard InChI is InChI=1S/C58H48N2/c1-37-7-19-43(20-8-37)53-35-55(59(45-23-11-39(3)12-24-45)46-25-13-40(4)14-26-46)51-34-32-50-54(44-21-9-38(2)10-22-44)36-56(52-33-31-49(53)57(51)58(50)52)60(47-27-15-41(5)16-28-47)48-29-17-42(6)18-30-48/h7-36H,1-6H3. The van der Waals surface area contributed by atoms with Crippen LogP contribution in [0.4, 0.5) is 34.1 Å². The summed E-state index contributed by atoms with van der Waals surface area (Å²) in [5.41, 5.74) is 19.1. The molecule has 10 aromatic rings. The van der Waals surface area contributed by atoms with Gasteiger partial charge in [0, 0.05) is 44.3 Å². The number of anilines is 6. The highest BCUT2D eigenvalue weighted by Gasteiger charge is 2.25. The zero-order chi connectivity index (χ0) is 41.1. The minimum atomic E-state index is 1.13. The van der Waals surface area contributed by atoms with E-state index in [1.807, 2.05) is 0 Å². The van der Waals surface area contributed by atoms with E-state index < -0.39 is 0 Å². The third-order valence-electron chi connectivity index (χ3n) is 12.2. The number of aryl methyl sites for hydroxylation is 6. The fourth-order valence-electron chi connectivity index (χ4n) is 8.90. The van der Waals surface area contributed by atoms with Crippen LogP contribution < -0.4 is 9.80 Å². The van der Waals surface area contributed by atoms with Gasteiger partial charge in [0.2, 0.25) is 0 Å². The highest BCUT2D eigenvalue weighted by Crippen LogP contribution is 2.52. The molecule has 2 nitrogen and oxygen atoms in total. The molecule has 10 rings (SSSR count). The number of rotatable bonds is 8. The Labute approximate surface area is 354 Å². The summed E-state index contributed by atoms with van der Waals surface area (Å²) in [6.07, 6.45) is 0. The number of hydrogen-bond donors (Lipinski definition) is 0. The van der Waals surface area contributed by atoms with Crippen LogP contribution in [0, 0.1) is 41.5 Å². The van der Waals surface area contributed by atoms with Gasteiger partial charge in [-0.25, -0.2) is 0 Å². The van der Waals surface area contributed by atoms with Crippen LogP contribution in [-0.2, 0) is 0 Å². The summed E-state index contributed by atoms with van der Waals surface area (Å²) >= 11 is 0. The Balaban J connectivity index is 1.38. The van der Waals surface area contributed by atoms with Crippen molar-refractivity contribution in [1.82, 2.24) is 0 Å². The van der Waals surface area contributed by atoms with Gasteiger partial charge in [-0.05, 0) is 135 Å². The first-order chi connectivity index (χ1) is 29.2. The normalized spacial score (nSPS) is 11.5. The molecule has 0 bridgehead atoms. The predicted molar refractivity (Wildman–Crippen MR) is 259 cm³/mol. The van der Waals surface area contributed by atoms with E-state index in [1.165, 1.54) is 88.0 Å². The molecule has 2 heteroatoms. The molecule has 0 aliphatic heterocycles. The van der Waals surface area contributed by atoms with E-state index >= 15 is 0 Å². The Morgan fingerprint density at radius 1 is 0.250 bits per heavy atom. The zero-order valence-electron chi connectivity index (χ0n) is 35.2. The molecule has 290 valence electrons. The van der Waals surface area contributed by atoms with Crippen molar-refractivity contribution in [3.63, 3.8) is 0 Å². The summed E-state index contributed by atoms with van der Waals surface area (Å²) in [5, 5.41) is 7.45. The van der Waals surface area contributed by atoms with E-state index in [2.05, 4.69) is 233 Å². The fourth-order valence-corrected chi connectivity index (χ4v) is 8.90. The Bertz CT molecular complexity index is 2830. The first kappa shape index (κ1) is 37.1. The quantitative estimate of drug-likeness (QED) is 0.142. The molecule has 60 heavy (non-hydrogen) atoms. The first-order valence-corrected chi connectivity index (χ1v) is 21.0. The highest BCUT2D eigenvalue weighted by molar-refractivity contribution is 6.32.